The van der Waals surface area contributed by atoms with Crippen LogP contribution in [0.3, 0.4) is 0 Å². The lowest BCUT2D eigenvalue weighted by Gasteiger charge is -2.17. The highest BCUT2D eigenvalue weighted by molar-refractivity contribution is 5.76. The Balaban J connectivity index is 2.42. The number of rotatable bonds is 12. The van der Waals surface area contributed by atoms with E-state index in [1.165, 1.54) is 12.8 Å². The average Bonchev–Trinajstić information content (AvgIpc) is 2.59. The molecule has 27 heavy (non-hydrogen) atoms. The third-order valence-electron chi connectivity index (χ3n) is 4.34. The predicted octanol–water partition coefficient (Wildman–Crippen LogP) is 6.46. The van der Waals surface area contributed by atoms with E-state index in [0.717, 1.165) is 38.5 Å². The SMILES string of the molecule is CCCCCCCC(=O)Oc1ccccc1OC(=O)CCCCC(C)(C)C. The molecule has 0 N–H and O–H groups in total. The number of benzene rings is 1. The maximum absolute atomic E-state index is 12.1. The van der Waals surface area contributed by atoms with Gasteiger partial charge >= 0.3 is 11.9 Å². The Bertz CT molecular complexity index is 572. The van der Waals surface area contributed by atoms with Gasteiger partial charge in [0.1, 0.15) is 0 Å². The lowest BCUT2D eigenvalue weighted by molar-refractivity contribution is -0.137. The van der Waals surface area contributed by atoms with Crippen molar-refractivity contribution in [3.05, 3.63) is 24.3 Å². The first-order valence-corrected chi connectivity index (χ1v) is 10.3. The predicted molar refractivity (Wildman–Crippen MR) is 109 cm³/mol. The van der Waals surface area contributed by atoms with Gasteiger partial charge in [0.15, 0.2) is 11.5 Å². The van der Waals surface area contributed by atoms with Gasteiger partial charge in [0.05, 0.1) is 0 Å². The lowest BCUT2D eigenvalue weighted by atomic mass is 9.89. The standard InChI is InChI=1S/C23H36O4/c1-5-6-7-8-9-16-21(24)26-19-14-10-11-15-20(19)27-22(25)17-12-13-18-23(2,3)4/h10-11,14-15H,5-9,12-13,16-18H2,1-4H3. The molecule has 0 fully saturated rings. The molecular weight excluding hydrogens is 340 g/mol. The number of hydrogen-bond donors (Lipinski definition) is 0. The second-order valence-corrected chi connectivity index (χ2v) is 8.33. The molecule has 0 saturated carbocycles. The highest BCUT2D eigenvalue weighted by Crippen LogP contribution is 2.28. The van der Waals surface area contributed by atoms with Crippen molar-refractivity contribution in [2.24, 2.45) is 5.41 Å². The smallest absolute Gasteiger partial charge is 0.311 e. The van der Waals surface area contributed by atoms with E-state index in [0.29, 0.717) is 24.3 Å². The van der Waals surface area contributed by atoms with Gasteiger partial charge in [-0.15, -0.1) is 0 Å². The van der Waals surface area contributed by atoms with Gasteiger partial charge in [0.2, 0.25) is 0 Å². The number of esters is 2. The summed E-state index contributed by atoms with van der Waals surface area (Å²) >= 11 is 0. The first kappa shape index (κ1) is 23.2. The number of carbonyl (C=O) groups excluding carboxylic acids is 2. The normalized spacial score (nSPS) is 11.3. The molecule has 0 amide bonds. The summed E-state index contributed by atoms with van der Waals surface area (Å²) in [4.78, 5) is 24.1. The van der Waals surface area contributed by atoms with Crippen LogP contribution in [0.25, 0.3) is 0 Å². The van der Waals surface area contributed by atoms with Gasteiger partial charge in [-0.1, -0.05) is 71.9 Å². The molecule has 0 aliphatic carbocycles. The third-order valence-corrected chi connectivity index (χ3v) is 4.34. The minimum Gasteiger partial charge on any atom is -0.423 e. The Morgan fingerprint density at radius 1 is 0.778 bits per heavy atom. The van der Waals surface area contributed by atoms with Gasteiger partial charge in [-0.25, -0.2) is 0 Å². The van der Waals surface area contributed by atoms with Crippen LogP contribution in [-0.2, 0) is 9.59 Å². The second kappa shape index (κ2) is 12.5. The summed E-state index contributed by atoms with van der Waals surface area (Å²) in [5, 5.41) is 0. The van der Waals surface area contributed by atoms with Crippen molar-refractivity contribution in [1.29, 1.82) is 0 Å². The number of hydrogen-bond acceptors (Lipinski definition) is 4. The zero-order valence-electron chi connectivity index (χ0n) is 17.5. The summed E-state index contributed by atoms with van der Waals surface area (Å²) in [5.41, 5.74) is 0.279. The van der Waals surface area contributed by atoms with Crippen LogP contribution in [0.5, 0.6) is 11.5 Å². The Kier molecular flexibility index (Phi) is 10.8. The molecule has 0 aliphatic rings. The fraction of sp³-hybridized carbons (Fsp3) is 0.652. The van der Waals surface area contributed by atoms with Crippen LogP contribution in [0.2, 0.25) is 0 Å². The van der Waals surface area contributed by atoms with Crippen LogP contribution in [0.4, 0.5) is 0 Å². The molecule has 0 atom stereocenters. The molecule has 0 aliphatic heterocycles. The summed E-state index contributed by atoms with van der Waals surface area (Å²) in [5.74, 6) is 0.0731. The maximum Gasteiger partial charge on any atom is 0.311 e. The van der Waals surface area contributed by atoms with Gasteiger partial charge < -0.3 is 9.47 Å². The van der Waals surface area contributed by atoms with Crippen LogP contribution in [0, 0.1) is 5.41 Å². The van der Waals surface area contributed by atoms with E-state index in [4.69, 9.17) is 9.47 Å². The van der Waals surface area contributed by atoms with E-state index < -0.39 is 0 Å². The van der Waals surface area contributed by atoms with Crippen molar-refractivity contribution in [2.45, 2.75) is 91.9 Å². The molecule has 1 aromatic carbocycles. The minimum atomic E-state index is -0.285. The molecule has 0 spiro atoms. The van der Waals surface area contributed by atoms with Crippen LogP contribution < -0.4 is 9.47 Å². The Morgan fingerprint density at radius 3 is 1.74 bits per heavy atom. The Hall–Kier alpha value is -1.84. The van der Waals surface area contributed by atoms with E-state index in [9.17, 15) is 9.59 Å². The van der Waals surface area contributed by atoms with Gasteiger partial charge in [0, 0.05) is 12.8 Å². The topological polar surface area (TPSA) is 52.6 Å². The summed E-state index contributed by atoms with van der Waals surface area (Å²) in [6.07, 6.45) is 9.02. The fourth-order valence-corrected chi connectivity index (χ4v) is 2.76. The van der Waals surface area contributed by atoms with Crippen molar-refractivity contribution < 1.29 is 19.1 Å². The molecule has 152 valence electrons. The molecule has 0 aromatic heterocycles. The number of para-hydroxylation sites is 2. The number of carbonyl (C=O) groups is 2. The fourth-order valence-electron chi connectivity index (χ4n) is 2.76. The molecule has 0 saturated heterocycles. The molecule has 4 heteroatoms. The second-order valence-electron chi connectivity index (χ2n) is 8.33. The highest BCUT2D eigenvalue weighted by atomic mass is 16.6. The highest BCUT2D eigenvalue weighted by Gasteiger charge is 2.14. The Labute approximate surface area is 164 Å². The quantitative estimate of drug-likeness (QED) is 0.238. The molecular formula is C23H36O4. The van der Waals surface area contributed by atoms with Crippen LogP contribution in [-0.4, -0.2) is 11.9 Å². The largest absolute Gasteiger partial charge is 0.423 e. The molecule has 4 nitrogen and oxygen atoms in total. The van der Waals surface area contributed by atoms with Crippen molar-refractivity contribution in [2.75, 3.05) is 0 Å². The van der Waals surface area contributed by atoms with E-state index in [1.807, 2.05) is 0 Å². The van der Waals surface area contributed by atoms with E-state index in [2.05, 4.69) is 27.7 Å². The monoisotopic (exact) mass is 376 g/mol. The first-order chi connectivity index (χ1) is 12.8. The van der Waals surface area contributed by atoms with Crippen molar-refractivity contribution in [3.8, 4) is 11.5 Å². The molecule has 1 aromatic rings. The molecule has 0 radical (unpaired) electrons. The minimum absolute atomic E-state index is 0.278. The van der Waals surface area contributed by atoms with Crippen LogP contribution >= 0.6 is 0 Å². The van der Waals surface area contributed by atoms with Crippen LogP contribution in [0.15, 0.2) is 24.3 Å². The van der Waals surface area contributed by atoms with E-state index in [-0.39, 0.29) is 17.4 Å². The first-order valence-electron chi connectivity index (χ1n) is 10.3. The molecule has 0 heterocycles. The average molecular weight is 377 g/mol. The van der Waals surface area contributed by atoms with Crippen molar-refractivity contribution >= 4 is 11.9 Å². The Morgan fingerprint density at radius 2 is 1.26 bits per heavy atom. The number of unbranched alkanes of at least 4 members (excludes halogenated alkanes) is 5. The number of ether oxygens (including phenoxy) is 2. The van der Waals surface area contributed by atoms with Crippen LogP contribution in [0.1, 0.15) is 91.9 Å². The summed E-state index contributed by atoms with van der Waals surface area (Å²) in [6, 6.07) is 6.86. The van der Waals surface area contributed by atoms with Gasteiger partial charge in [-0.2, -0.15) is 0 Å². The maximum atomic E-state index is 12.1. The summed E-state index contributed by atoms with van der Waals surface area (Å²) in [7, 11) is 0. The molecule has 0 unspecified atom stereocenters. The molecule has 0 bridgehead atoms. The third kappa shape index (κ3) is 11.5. The van der Waals surface area contributed by atoms with Crippen molar-refractivity contribution in [1.82, 2.24) is 0 Å². The molecule has 1 rings (SSSR count). The zero-order valence-corrected chi connectivity index (χ0v) is 17.5. The summed E-state index contributed by atoms with van der Waals surface area (Å²) < 4.78 is 10.8. The van der Waals surface area contributed by atoms with Gasteiger partial charge in [-0.05, 0) is 36.8 Å². The van der Waals surface area contributed by atoms with E-state index >= 15 is 0 Å². The van der Waals surface area contributed by atoms with E-state index in [1.54, 1.807) is 24.3 Å². The van der Waals surface area contributed by atoms with Gasteiger partial charge in [-0.3, -0.25) is 9.59 Å². The van der Waals surface area contributed by atoms with Crippen molar-refractivity contribution in [3.63, 3.8) is 0 Å². The lowest BCUT2D eigenvalue weighted by Crippen LogP contribution is -2.12. The summed E-state index contributed by atoms with van der Waals surface area (Å²) in [6.45, 7) is 8.75. The zero-order chi connectivity index (χ0) is 20.1. The van der Waals surface area contributed by atoms with Gasteiger partial charge in [0.25, 0.3) is 0 Å².